The Morgan fingerprint density at radius 1 is 1.15 bits per heavy atom. The van der Waals surface area contributed by atoms with Crippen LogP contribution in [0, 0.1) is 0 Å². The summed E-state index contributed by atoms with van der Waals surface area (Å²) in [6.07, 6.45) is 0.104. The van der Waals surface area contributed by atoms with Crippen molar-refractivity contribution >= 4 is 35.1 Å². The second-order valence-corrected chi connectivity index (χ2v) is 6.83. The molecule has 0 spiro atoms. The zero-order valence-electron chi connectivity index (χ0n) is 14.1. The van der Waals surface area contributed by atoms with Crippen molar-refractivity contribution in [2.24, 2.45) is 0 Å². The van der Waals surface area contributed by atoms with Crippen molar-refractivity contribution in [2.75, 3.05) is 0 Å². The zero-order valence-corrected chi connectivity index (χ0v) is 15.6. The molecule has 0 saturated heterocycles. The lowest BCUT2D eigenvalue weighted by atomic mass is 9.84. The maximum absolute atomic E-state index is 12.8. The third-order valence-corrected chi connectivity index (χ3v) is 5.09. The minimum Gasteiger partial charge on any atom is -0.457 e. The molecule has 0 aromatic heterocycles. The van der Waals surface area contributed by atoms with Gasteiger partial charge in [-0.1, -0.05) is 65.7 Å². The number of halogens is 2. The highest BCUT2D eigenvalue weighted by molar-refractivity contribution is 6.42. The van der Waals surface area contributed by atoms with Crippen LogP contribution in [-0.2, 0) is 20.9 Å². The normalized spacial score (nSPS) is 17.0. The van der Waals surface area contributed by atoms with Gasteiger partial charge in [0.2, 0.25) is 5.91 Å². The maximum atomic E-state index is 12.8. The van der Waals surface area contributed by atoms with Gasteiger partial charge in [-0.25, -0.2) is 4.79 Å². The van der Waals surface area contributed by atoms with E-state index in [1.54, 1.807) is 25.1 Å². The molecule has 1 atom stereocenters. The molecule has 0 bridgehead atoms. The minimum absolute atomic E-state index is 0.104. The standard InChI is InChI=1S/C20H17Cl2NO3/c1-12-18(20(25)26-11-13-6-3-2-4-7-13)15(10-17(24)23-12)14-8-5-9-16(21)19(14)22/h2-9,15H,10-11H2,1H3,(H,23,24)/t15-/m1/s1. The number of benzene rings is 2. The second-order valence-electron chi connectivity index (χ2n) is 6.05. The molecule has 1 aliphatic heterocycles. The first-order chi connectivity index (χ1) is 12.5. The van der Waals surface area contributed by atoms with Gasteiger partial charge in [-0.2, -0.15) is 0 Å². The van der Waals surface area contributed by atoms with Crippen LogP contribution in [-0.4, -0.2) is 11.9 Å². The van der Waals surface area contributed by atoms with Gasteiger partial charge in [-0.05, 0) is 24.1 Å². The Kier molecular flexibility index (Phi) is 5.64. The molecule has 26 heavy (non-hydrogen) atoms. The number of hydrogen-bond donors (Lipinski definition) is 1. The molecule has 6 heteroatoms. The fraction of sp³-hybridized carbons (Fsp3) is 0.200. The Hall–Kier alpha value is -2.30. The van der Waals surface area contributed by atoms with Crippen LogP contribution in [0.4, 0.5) is 0 Å². The lowest BCUT2D eigenvalue weighted by Gasteiger charge is -2.27. The van der Waals surface area contributed by atoms with E-state index in [1.807, 2.05) is 30.3 Å². The van der Waals surface area contributed by atoms with E-state index in [0.29, 0.717) is 26.9 Å². The molecule has 3 rings (SSSR count). The van der Waals surface area contributed by atoms with Gasteiger partial charge in [0.1, 0.15) is 6.61 Å². The van der Waals surface area contributed by atoms with Gasteiger partial charge in [0.05, 0.1) is 15.6 Å². The lowest BCUT2D eigenvalue weighted by molar-refractivity contribution is -0.141. The highest BCUT2D eigenvalue weighted by Crippen LogP contribution is 2.39. The Bertz CT molecular complexity index is 878. The topological polar surface area (TPSA) is 55.4 Å². The van der Waals surface area contributed by atoms with Crippen LogP contribution in [0.1, 0.15) is 30.4 Å². The van der Waals surface area contributed by atoms with Gasteiger partial charge in [-0.15, -0.1) is 0 Å². The smallest absolute Gasteiger partial charge is 0.336 e. The van der Waals surface area contributed by atoms with Crippen LogP contribution in [0.25, 0.3) is 0 Å². The number of esters is 1. The van der Waals surface area contributed by atoms with Crippen molar-refractivity contribution in [1.29, 1.82) is 0 Å². The fourth-order valence-electron chi connectivity index (χ4n) is 3.03. The molecular formula is C20H17Cl2NO3. The molecule has 1 heterocycles. The summed E-state index contributed by atoms with van der Waals surface area (Å²) in [6.45, 7) is 1.84. The average molecular weight is 390 g/mol. The predicted octanol–water partition coefficient (Wildman–Crippen LogP) is 4.61. The van der Waals surface area contributed by atoms with Gasteiger partial charge in [0, 0.05) is 18.0 Å². The van der Waals surface area contributed by atoms with Crippen LogP contribution in [0.5, 0.6) is 0 Å². The van der Waals surface area contributed by atoms with E-state index in [0.717, 1.165) is 5.56 Å². The van der Waals surface area contributed by atoms with Gasteiger partial charge in [0.15, 0.2) is 0 Å². The highest BCUT2D eigenvalue weighted by atomic mass is 35.5. The quantitative estimate of drug-likeness (QED) is 0.776. The number of ether oxygens (including phenoxy) is 1. The number of nitrogens with one attached hydrogen (secondary N) is 1. The zero-order chi connectivity index (χ0) is 18.7. The van der Waals surface area contributed by atoms with Crippen molar-refractivity contribution < 1.29 is 14.3 Å². The molecule has 1 aliphatic rings. The van der Waals surface area contributed by atoms with E-state index in [9.17, 15) is 9.59 Å². The Labute approximate surface area is 161 Å². The second kappa shape index (κ2) is 7.94. The van der Waals surface area contributed by atoms with Gasteiger partial charge in [-0.3, -0.25) is 4.79 Å². The molecule has 0 radical (unpaired) electrons. The Morgan fingerprint density at radius 2 is 1.88 bits per heavy atom. The summed E-state index contributed by atoms with van der Waals surface area (Å²) < 4.78 is 5.47. The monoisotopic (exact) mass is 389 g/mol. The summed E-state index contributed by atoms with van der Waals surface area (Å²) >= 11 is 12.4. The fourth-order valence-corrected chi connectivity index (χ4v) is 3.47. The first-order valence-corrected chi connectivity index (χ1v) is 8.88. The minimum atomic E-state index is -0.502. The summed E-state index contributed by atoms with van der Waals surface area (Å²) in [7, 11) is 0. The van der Waals surface area contributed by atoms with Gasteiger partial charge >= 0.3 is 5.97 Å². The van der Waals surface area contributed by atoms with E-state index >= 15 is 0 Å². The summed E-state index contributed by atoms with van der Waals surface area (Å²) in [5, 5.41) is 3.43. The van der Waals surface area contributed by atoms with Crippen molar-refractivity contribution in [3.8, 4) is 0 Å². The molecule has 0 unspecified atom stereocenters. The maximum Gasteiger partial charge on any atom is 0.336 e. The van der Waals surface area contributed by atoms with E-state index in [-0.39, 0.29) is 18.9 Å². The highest BCUT2D eigenvalue weighted by Gasteiger charge is 2.34. The van der Waals surface area contributed by atoms with E-state index in [4.69, 9.17) is 27.9 Å². The van der Waals surface area contributed by atoms with Crippen molar-refractivity contribution in [2.45, 2.75) is 25.9 Å². The van der Waals surface area contributed by atoms with E-state index in [2.05, 4.69) is 5.32 Å². The number of carbonyl (C=O) groups is 2. The average Bonchev–Trinajstić information content (AvgIpc) is 2.62. The summed E-state index contributed by atoms with van der Waals surface area (Å²) in [6, 6.07) is 14.6. The molecular weight excluding hydrogens is 373 g/mol. The molecule has 0 fully saturated rings. The van der Waals surface area contributed by atoms with Crippen molar-refractivity contribution in [1.82, 2.24) is 5.32 Å². The lowest BCUT2D eigenvalue weighted by Crippen LogP contribution is -2.34. The third kappa shape index (κ3) is 3.92. The van der Waals surface area contributed by atoms with Crippen LogP contribution >= 0.6 is 23.2 Å². The Balaban J connectivity index is 1.90. The largest absolute Gasteiger partial charge is 0.457 e. The van der Waals surface area contributed by atoms with Crippen LogP contribution in [0.3, 0.4) is 0 Å². The molecule has 2 aromatic carbocycles. The summed E-state index contributed by atoms with van der Waals surface area (Å²) in [5.41, 5.74) is 2.39. The van der Waals surface area contributed by atoms with Crippen LogP contribution in [0.2, 0.25) is 10.0 Å². The van der Waals surface area contributed by atoms with Crippen LogP contribution < -0.4 is 5.32 Å². The number of allylic oxidation sites excluding steroid dienone is 1. The van der Waals surface area contributed by atoms with Crippen LogP contribution in [0.15, 0.2) is 59.8 Å². The first-order valence-electron chi connectivity index (χ1n) is 8.13. The third-order valence-electron chi connectivity index (χ3n) is 4.26. The first kappa shape index (κ1) is 18.5. The van der Waals surface area contributed by atoms with Crippen molar-refractivity contribution in [3.05, 3.63) is 81.0 Å². The molecule has 0 saturated carbocycles. The predicted molar refractivity (Wildman–Crippen MR) is 101 cm³/mol. The van der Waals surface area contributed by atoms with Gasteiger partial charge < -0.3 is 10.1 Å². The SMILES string of the molecule is CC1=C(C(=O)OCc2ccccc2)[C@@H](c2cccc(Cl)c2Cl)CC(=O)N1. The number of amides is 1. The number of hydrogen-bond acceptors (Lipinski definition) is 3. The summed E-state index contributed by atoms with van der Waals surface area (Å²) in [5.74, 6) is -1.16. The molecule has 134 valence electrons. The number of rotatable bonds is 4. The molecule has 2 aromatic rings. The molecule has 4 nitrogen and oxygen atoms in total. The molecule has 1 amide bonds. The van der Waals surface area contributed by atoms with Gasteiger partial charge in [0.25, 0.3) is 0 Å². The van der Waals surface area contributed by atoms with E-state index < -0.39 is 11.9 Å². The molecule has 1 N–H and O–H groups in total. The number of carbonyl (C=O) groups excluding carboxylic acids is 2. The van der Waals surface area contributed by atoms with E-state index in [1.165, 1.54) is 0 Å². The Morgan fingerprint density at radius 3 is 2.62 bits per heavy atom. The molecule has 0 aliphatic carbocycles. The van der Waals surface area contributed by atoms with Crippen molar-refractivity contribution in [3.63, 3.8) is 0 Å². The summed E-state index contributed by atoms with van der Waals surface area (Å²) in [4.78, 5) is 24.8.